The summed E-state index contributed by atoms with van der Waals surface area (Å²) < 4.78 is 50.8. The second-order valence-electron chi connectivity index (χ2n) is 5.14. The minimum Gasteiger partial charge on any atom is -0.332 e. The molecule has 2 nitrogen and oxygen atoms in total. The maximum Gasteiger partial charge on any atom is 0.416 e. The molecular weight excluding hydrogens is 340 g/mol. The standard InChI is InChI=1S/C17H12F4N2S/c18-13-3-1-2-11(8-13)9-15-10-22-16(24-15)23-14-6-4-12(5-7-14)17(19,20)21/h1-8,10H,9H2,(H,22,23). The third kappa shape index (κ3) is 4.11. The smallest absolute Gasteiger partial charge is 0.332 e. The molecule has 1 heterocycles. The first-order valence-electron chi connectivity index (χ1n) is 7.03. The number of nitrogens with zero attached hydrogens (tertiary/aromatic N) is 1. The van der Waals surface area contributed by atoms with E-state index in [1.165, 1.54) is 35.6 Å². The lowest BCUT2D eigenvalue weighted by molar-refractivity contribution is -0.137. The van der Waals surface area contributed by atoms with E-state index in [1.807, 2.05) is 6.07 Å². The Labute approximate surface area is 139 Å². The van der Waals surface area contributed by atoms with Crippen molar-refractivity contribution in [1.82, 2.24) is 4.98 Å². The van der Waals surface area contributed by atoms with E-state index < -0.39 is 11.7 Å². The highest BCUT2D eigenvalue weighted by Gasteiger charge is 2.29. The summed E-state index contributed by atoms with van der Waals surface area (Å²) >= 11 is 1.37. The number of rotatable bonds is 4. The topological polar surface area (TPSA) is 24.9 Å². The van der Waals surface area contributed by atoms with Gasteiger partial charge in [0.15, 0.2) is 5.13 Å². The van der Waals surface area contributed by atoms with Crippen molar-refractivity contribution in [2.24, 2.45) is 0 Å². The van der Waals surface area contributed by atoms with E-state index in [2.05, 4.69) is 10.3 Å². The highest BCUT2D eigenvalue weighted by atomic mass is 32.1. The van der Waals surface area contributed by atoms with Crippen molar-refractivity contribution < 1.29 is 17.6 Å². The zero-order valence-corrected chi connectivity index (χ0v) is 13.1. The van der Waals surface area contributed by atoms with Crippen molar-refractivity contribution in [3.63, 3.8) is 0 Å². The molecular formula is C17H12F4N2S. The van der Waals surface area contributed by atoms with Crippen LogP contribution in [0, 0.1) is 5.82 Å². The molecule has 0 aliphatic carbocycles. The molecule has 0 amide bonds. The van der Waals surface area contributed by atoms with E-state index >= 15 is 0 Å². The van der Waals surface area contributed by atoms with E-state index in [1.54, 1.807) is 12.3 Å². The molecule has 0 atom stereocenters. The second kappa shape index (κ2) is 6.60. The zero-order valence-electron chi connectivity index (χ0n) is 12.3. The van der Waals surface area contributed by atoms with Crippen molar-refractivity contribution >= 4 is 22.2 Å². The van der Waals surface area contributed by atoms with Crippen LogP contribution >= 0.6 is 11.3 Å². The molecule has 0 spiro atoms. The molecule has 0 radical (unpaired) electrons. The van der Waals surface area contributed by atoms with E-state index in [4.69, 9.17) is 0 Å². The van der Waals surface area contributed by atoms with Crippen LogP contribution in [0.15, 0.2) is 54.7 Å². The average Bonchev–Trinajstić information content (AvgIpc) is 2.94. The number of hydrogen-bond donors (Lipinski definition) is 1. The molecule has 0 bridgehead atoms. The maximum atomic E-state index is 13.2. The molecule has 0 saturated heterocycles. The van der Waals surface area contributed by atoms with Crippen molar-refractivity contribution in [2.45, 2.75) is 12.6 Å². The molecule has 0 aliphatic rings. The van der Waals surface area contributed by atoms with Crippen LogP contribution in [-0.4, -0.2) is 4.98 Å². The summed E-state index contributed by atoms with van der Waals surface area (Å²) in [4.78, 5) is 5.12. The molecule has 0 aliphatic heterocycles. The second-order valence-corrected chi connectivity index (χ2v) is 6.25. The molecule has 2 aromatic carbocycles. The maximum absolute atomic E-state index is 13.2. The van der Waals surface area contributed by atoms with E-state index in [0.717, 1.165) is 22.6 Å². The normalized spacial score (nSPS) is 11.5. The van der Waals surface area contributed by atoms with Gasteiger partial charge in [-0.05, 0) is 42.0 Å². The Morgan fingerprint density at radius 3 is 2.46 bits per heavy atom. The number of hydrogen-bond acceptors (Lipinski definition) is 3. The summed E-state index contributed by atoms with van der Waals surface area (Å²) in [5.41, 5.74) is 0.661. The number of nitrogens with one attached hydrogen (secondary N) is 1. The molecule has 1 N–H and O–H groups in total. The van der Waals surface area contributed by atoms with Gasteiger partial charge in [-0.15, -0.1) is 11.3 Å². The van der Waals surface area contributed by atoms with E-state index in [9.17, 15) is 17.6 Å². The first-order valence-corrected chi connectivity index (χ1v) is 7.85. The van der Waals surface area contributed by atoms with Gasteiger partial charge in [0.05, 0.1) is 5.56 Å². The van der Waals surface area contributed by atoms with E-state index in [0.29, 0.717) is 17.2 Å². The van der Waals surface area contributed by atoms with Gasteiger partial charge < -0.3 is 5.32 Å². The van der Waals surface area contributed by atoms with Crippen LogP contribution in [0.2, 0.25) is 0 Å². The van der Waals surface area contributed by atoms with Gasteiger partial charge in [0, 0.05) is 23.2 Å². The number of aromatic nitrogens is 1. The van der Waals surface area contributed by atoms with Crippen molar-refractivity contribution in [2.75, 3.05) is 5.32 Å². The van der Waals surface area contributed by atoms with Gasteiger partial charge in [0.25, 0.3) is 0 Å². The van der Waals surface area contributed by atoms with Crippen molar-refractivity contribution in [3.05, 3.63) is 76.5 Å². The highest BCUT2D eigenvalue weighted by Crippen LogP contribution is 2.31. The Morgan fingerprint density at radius 2 is 1.79 bits per heavy atom. The number of benzene rings is 2. The fourth-order valence-electron chi connectivity index (χ4n) is 2.16. The predicted molar refractivity (Wildman–Crippen MR) is 86.0 cm³/mol. The summed E-state index contributed by atoms with van der Waals surface area (Å²) in [6.45, 7) is 0. The Balaban J connectivity index is 1.68. The summed E-state index contributed by atoms with van der Waals surface area (Å²) in [5, 5.41) is 3.54. The largest absolute Gasteiger partial charge is 0.416 e. The van der Waals surface area contributed by atoms with Crippen molar-refractivity contribution in [3.8, 4) is 0 Å². The lowest BCUT2D eigenvalue weighted by Crippen LogP contribution is -2.04. The average molecular weight is 352 g/mol. The van der Waals surface area contributed by atoms with Gasteiger partial charge in [0.2, 0.25) is 0 Å². The Kier molecular flexibility index (Phi) is 4.53. The van der Waals surface area contributed by atoms with Crippen LogP contribution in [0.1, 0.15) is 16.0 Å². The minimum atomic E-state index is -4.35. The van der Waals surface area contributed by atoms with Crippen molar-refractivity contribution in [1.29, 1.82) is 0 Å². The summed E-state index contributed by atoms with van der Waals surface area (Å²) in [5.74, 6) is -0.292. The van der Waals surface area contributed by atoms with Crippen LogP contribution in [0.3, 0.4) is 0 Å². The Hall–Kier alpha value is -2.41. The zero-order chi connectivity index (χ0) is 17.2. The van der Waals surface area contributed by atoms with Crippen LogP contribution in [0.4, 0.5) is 28.4 Å². The Bertz CT molecular complexity index is 825. The monoisotopic (exact) mass is 352 g/mol. The summed E-state index contributed by atoms with van der Waals surface area (Å²) in [7, 11) is 0. The fraction of sp³-hybridized carbons (Fsp3) is 0.118. The highest BCUT2D eigenvalue weighted by molar-refractivity contribution is 7.15. The van der Waals surface area contributed by atoms with Gasteiger partial charge in [-0.3, -0.25) is 0 Å². The molecule has 7 heteroatoms. The lowest BCUT2D eigenvalue weighted by Gasteiger charge is -2.07. The molecule has 0 saturated carbocycles. The minimum absolute atomic E-state index is 0.292. The van der Waals surface area contributed by atoms with Crippen LogP contribution in [0.25, 0.3) is 0 Å². The van der Waals surface area contributed by atoms with E-state index in [-0.39, 0.29) is 5.82 Å². The molecule has 0 fully saturated rings. The predicted octanol–water partition coefficient (Wildman–Crippen LogP) is 5.64. The molecule has 124 valence electrons. The third-order valence-electron chi connectivity index (χ3n) is 3.28. The number of anilines is 2. The van der Waals surface area contributed by atoms with Gasteiger partial charge >= 0.3 is 6.18 Å². The Morgan fingerprint density at radius 1 is 1.04 bits per heavy atom. The van der Waals surface area contributed by atoms with Gasteiger partial charge in [-0.1, -0.05) is 12.1 Å². The molecule has 24 heavy (non-hydrogen) atoms. The fourth-order valence-corrected chi connectivity index (χ4v) is 3.03. The molecule has 0 unspecified atom stereocenters. The summed E-state index contributed by atoms with van der Waals surface area (Å²) in [6, 6.07) is 11.1. The van der Waals surface area contributed by atoms with Crippen LogP contribution in [-0.2, 0) is 12.6 Å². The summed E-state index contributed by atoms with van der Waals surface area (Å²) in [6.07, 6.45) is -2.13. The quantitative estimate of drug-likeness (QED) is 0.615. The lowest BCUT2D eigenvalue weighted by atomic mass is 10.1. The molecule has 3 aromatic rings. The number of halogens is 4. The first-order chi connectivity index (χ1) is 11.4. The molecule has 3 rings (SSSR count). The number of alkyl halides is 3. The SMILES string of the molecule is Fc1cccc(Cc2cnc(Nc3ccc(C(F)(F)F)cc3)s2)c1. The van der Waals surface area contributed by atoms with Crippen LogP contribution in [0.5, 0.6) is 0 Å². The number of thiazole rings is 1. The molecule has 1 aromatic heterocycles. The first kappa shape index (κ1) is 16.4. The van der Waals surface area contributed by atoms with Crippen LogP contribution < -0.4 is 5.32 Å². The van der Waals surface area contributed by atoms with Gasteiger partial charge in [0.1, 0.15) is 5.82 Å². The van der Waals surface area contributed by atoms with Gasteiger partial charge in [-0.25, -0.2) is 9.37 Å². The third-order valence-corrected chi connectivity index (χ3v) is 4.20. The van der Waals surface area contributed by atoms with Gasteiger partial charge in [-0.2, -0.15) is 13.2 Å².